The SMILES string of the molecule is C=C(CO)C(=O)OC(C)(C)C.C=CC(=O)OC(C)(C)C. The molecule has 0 saturated heterocycles. The lowest BCUT2D eigenvalue weighted by molar-refractivity contribution is -0.150. The van der Waals surface area contributed by atoms with Gasteiger partial charge in [-0.2, -0.15) is 0 Å². The topological polar surface area (TPSA) is 72.8 Å². The van der Waals surface area contributed by atoms with E-state index in [1.54, 1.807) is 20.8 Å². The third kappa shape index (κ3) is 14.4. The summed E-state index contributed by atoms with van der Waals surface area (Å²) >= 11 is 0. The van der Waals surface area contributed by atoms with Gasteiger partial charge in [0.2, 0.25) is 0 Å². The zero-order valence-corrected chi connectivity index (χ0v) is 13.3. The van der Waals surface area contributed by atoms with E-state index >= 15 is 0 Å². The van der Waals surface area contributed by atoms with E-state index in [1.807, 2.05) is 20.8 Å². The third-order valence-electron chi connectivity index (χ3n) is 1.45. The predicted molar refractivity (Wildman–Crippen MR) is 78.1 cm³/mol. The second-order valence-corrected chi connectivity index (χ2v) is 6.00. The van der Waals surface area contributed by atoms with Crippen LogP contribution >= 0.6 is 0 Å². The summed E-state index contributed by atoms with van der Waals surface area (Å²) in [5.74, 6) is -0.914. The number of rotatable bonds is 3. The number of hydrogen-bond acceptors (Lipinski definition) is 5. The van der Waals surface area contributed by atoms with Crippen LogP contribution in [-0.2, 0) is 19.1 Å². The molecule has 1 N–H and O–H groups in total. The van der Waals surface area contributed by atoms with E-state index in [4.69, 9.17) is 14.6 Å². The second kappa shape index (κ2) is 8.53. The van der Waals surface area contributed by atoms with Gasteiger partial charge in [-0.1, -0.05) is 13.2 Å². The average molecular weight is 286 g/mol. The van der Waals surface area contributed by atoms with Crippen LogP contribution in [0.5, 0.6) is 0 Å². The van der Waals surface area contributed by atoms with Crippen LogP contribution in [0, 0.1) is 0 Å². The van der Waals surface area contributed by atoms with Gasteiger partial charge in [0.15, 0.2) is 0 Å². The molecule has 0 amide bonds. The highest BCUT2D eigenvalue weighted by Crippen LogP contribution is 2.09. The number of aliphatic hydroxyl groups is 1. The Morgan fingerprint density at radius 3 is 1.65 bits per heavy atom. The lowest BCUT2D eigenvalue weighted by Gasteiger charge is -2.19. The molecule has 0 radical (unpaired) electrons. The fourth-order valence-corrected chi connectivity index (χ4v) is 0.758. The standard InChI is InChI=1S/C8H14O3.C7H12O2/c1-6(5-9)7(10)11-8(2,3)4;1-5-6(8)9-7(2,3)4/h9H,1,5H2,2-4H3;5H,1H2,2-4H3. The third-order valence-corrected chi connectivity index (χ3v) is 1.45. The van der Waals surface area contributed by atoms with E-state index < -0.39 is 17.2 Å². The number of aliphatic hydroxyl groups excluding tert-OH is 1. The van der Waals surface area contributed by atoms with Gasteiger partial charge >= 0.3 is 11.9 Å². The second-order valence-electron chi connectivity index (χ2n) is 6.00. The van der Waals surface area contributed by atoms with Gasteiger partial charge in [-0.15, -0.1) is 0 Å². The van der Waals surface area contributed by atoms with Crippen molar-refractivity contribution in [1.29, 1.82) is 0 Å². The molecule has 20 heavy (non-hydrogen) atoms. The van der Waals surface area contributed by atoms with Crippen LogP contribution in [-0.4, -0.2) is 34.9 Å². The number of esters is 2. The van der Waals surface area contributed by atoms with E-state index in [0.29, 0.717) is 0 Å². The van der Waals surface area contributed by atoms with Crippen LogP contribution in [0.25, 0.3) is 0 Å². The summed E-state index contributed by atoms with van der Waals surface area (Å²) in [4.78, 5) is 21.4. The number of carbonyl (C=O) groups excluding carboxylic acids is 2. The molecule has 0 aliphatic rings. The monoisotopic (exact) mass is 286 g/mol. The molecule has 5 nitrogen and oxygen atoms in total. The normalized spacial score (nSPS) is 10.8. The summed E-state index contributed by atoms with van der Waals surface area (Å²) in [6.45, 7) is 17.0. The summed E-state index contributed by atoms with van der Waals surface area (Å²) in [5, 5.41) is 8.50. The average Bonchev–Trinajstić information content (AvgIpc) is 2.24. The van der Waals surface area contributed by atoms with Gasteiger partial charge in [0.1, 0.15) is 11.2 Å². The van der Waals surface area contributed by atoms with Gasteiger partial charge in [0.25, 0.3) is 0 Å². The number of carbonyl (C=O) groups is 2. The minimum absolute atomic E-state index is 0.0833. The molecule has 0 rings (SSSR count). The number of ether oxygens (including phenoxy) is 2. The van der Waals surface area contributed by atoms with Crippen LogP contribution in [0.4, 0.5) is 0 Å². The van der Waals surface area contributed by atoms with Crippen LogP contribution < -0.4 is 0 Å². The van der Waals surface area contributed by atoms with Crippen molar-refractivity contribution in [3.05, 3.63) is 24.8 Å². The summed E-state index contributed by atoms with van der Waals surface area (Å²) in [5.41, 5.74) is -0.833. The maximum atomic E-state index is 10.9. The molecule has 0 unspecified atom stereocenters. The van der Waals surface area contributed by atoms with Crippen molar-refractivity contribution < 1.29 is 24.2 Å². The quantitative estimate of drug-likeness (QED) is 0.637. The fourth-order valence-electron chi connectivity index (χ4n) is 0.758. The van der Waals surface area contributed by atoms with Gasteiger partial charge in [0, 0.05) is 6.08 Å². The Morgan fingerprint density at radius 2 is 1.45 bits per heavy atom. The molecular formula is C15H26O5. The zero-order valence-electron chi connectivity index (χ0n) is 13.3. The highest BCUT2D eigenvalue weighted by Gasteiger charge is 2.17. The fraction of sp³-hybridized carbons (Fsp3) is 0.600. The minimum atomic E-state index is -0.542. The highest BCUT2D eigenvalue weighted by atomic mass is 16.6. The summed E-state index contributed by atoms with van der Waals surface area (Å²) < 4.78 is 9.72. The molecular weight excluding hydrogens is 260 g/mol. The first-order chi connectivity index (χ1) is 8.82. The first-order valence-corrected chi connectivity index (χ1v) is 6.20. The largest absolute Gasteiger partial charge is 0.457 e. The molecule has 0 atom stereocenters. The summed E-state index contributed by atoms with van der Waals surface area (Å²) in [6, 6.07) is 0. The molecule has 0 saturated carbocycles. The van der Waals surface area contributed by atoms with E-state index in [9.17, 15) is 9.59 Å². The van der Waals surface area contributed by atoms with E-state index in [1.165, 1.54) is 0 Å². The van der Waals surface area contributed by atoms with Crippen molar-refractivity contribution in [2.75, 3.05) is 6.61 Å². The van der Waals surface area contributed by atoms with Crippen LogP contribution in [0.2, 0.25) is 0 Å². The molecule has 0 aliphatic heterocycles. The van der Waals surface area contributed by atoms with Gasteiger partial charge in [-0.05, 0) is 41.5 Å². The molecule has 0 bridgehead atoms. The Kier molecular flexibility index (Phi) is 8.83. The van der Waals surface area contributed by atoms with E-state index in [-0.39, 0.29) is 18.1 Å². The van der Waals surface area contributed by atoms with Crippen molar-refractivity contribution in [3.63, 3.8) is 0 Å². The van der Waals surface area contributed by atoms with Crippen molar-refractivity contribution in [3.8, 4) is 0 Å². The Bertz CT molecular complexity index is 355. The van der Waals surface area contributed by atoms with Gasteiger partial charge in [0.05, 0.1) is 12.2 Å². The first-order valence-electron chi connectivity index (χ1n) is 6.20. The first kappa shape index (κ1) is 20.7. The molecule has 0 aromatic heterocycles. The van der Waals surface area contributed by atoms with Crippen LogP contribution in [0.1, 0.15) is 41.5 Å². The van der Waals surface area contributed by atoms with E-state index in [0.717, 1.165) is 6.08 Å². The van der Waals surface area contributed by atoms with Gasteiger partial charge in [-0.25, -0.2) is 9.59 Å². The van der Waals surface area contributed by atoms with Crippen molar-refractivity contribution in [2.24, 2.45) is 0 Å². The van der Waals surface area contributed by atoms with Crippen LogP contribution in [0.15, 0.2) is 24.8 Å². The Morgan fingerprint density at radius 1 is 1.05 bits per heavy atom. The van der Waals surface area contributed by atoms with E-state index in [2.05, 4.69) is 13.2 Å². The predicted octanol–water partition coefficient (Wildman–Crippen LogP) is 2.39. The molecule has 5 heteroatoms. The maximum Gasteiger partial charge on any atom is 0.336 e. The number of hydrogen-bond donors (Lipinski definition) is 1. The van der Waals surface area contributed by atoms with Crippen molar-refractivity contribution in [2.45, 2.75) is 52.7 Å². The smallest absolute Gasteiger partial charge is 0.336 e. The minimum Gasteiger partial charge on any atom is -0.457 e. The van der Waals surface area contributed by atoms with Gasteiger partial charge in [-0.3, -0.25) is 0 Å². The summed E-state index contributed by atoms with van der Waals surface area (Å²) in [6.07, 6.45) is 1.16. The molecule has 0 aliphatic carbocycles. The lowest BCUT2D eigenvalue weighted by atomic mass is 10.2. The van der Waals surface area contributed by atoms with Crippen molar-refractivity contribution in [1.82, 2.24) is 0 Å². The Hall–Kier alpha value is -1.62. The van der Waals surface area contributed by atoms with Gasteiger partial charge < -0.3 is 14.6 Å². The van der Waals surface area contributed by atoms with Crippen molar-refractivity contribution >= 4 is 11.9 Å². The molecule has 0 heterocycles. The maximum absolute atomic E-state index is 10.9. The highest BCUT2D eigenvalue weighted by molar-refractivity contribution is 5.88. The molecule has 0 fully saturated rings. The molecule has 116 valence electrons. The Labute approximate surface area is 121 Å². The summed E-state index contributed by atoms with van der Waals surface area (Å²) in [7, 11) is 0. The Balaban J connectivity index is 0. The molecule has 0 aromatic carbocycles. The lowest BCUT2D eigenvalue weighted by Crippen LogP contribution is -2.25. The molecule has 0 spiro atoms. The molecule has 0 aromatic rings. The van der Waals surface area contributed by atoms with Crippen LogP contribution in [0.3, 0.4) is 0 Å². The zero-order chi connectivity index (χ0) is 16.6.